The first-order valence-corrected chi connectivity index (χ1v) is 6.33. The SMILES string of the molecule is NC(=S)c1ccc(C(=O)NC2CCCNC2=O)nc1. The van der Waals surface area contributed by atoms with Crippen molar-refractivity contribution in [2.75, 3.05) is 6.54 Å². The maximum Gasteiger partial charge on any atom is 0.270 e. The number of aromatic nitrogens is 1. The molecule has 1 aliphatic heterocycles. The molecular formula is C12H14N4O2S. The van der Waals surface area contributed by atoms with Gasteiger partial charge in [0.2, 0.25) is 5.91 Å². The average molecular weight is 278 g/mol. The summed E-state index contributed by atoms with van der Waals surface area (Å²) in [5.41, 5.74) is 6.28. The molecule has 1 aliphatic rings. The van der Waals surface area contributed by atoms with Crippen LogP contribution in [0.1, 0.15) is 28.9 Å². The minimum Gasteiger partial charge on any atom is -0.389 e. The fraction of sp³-hybridized carbons (Fsp3) is 0.333. The van der Waals surface area contributed by atoms with Crippen molar-refractivity contribution in [1.82, 2.24) is 15.6 Å². The van der Waals surface area contributed by atoms with Crippen LogP contribution in [0.3, 0.4) is 0 Å². The smallest absolute Gasteiger partial charge is 0.270 e. The molecule has 1 atom stereocenters. The van der Waals surface area contributed by atoms with Crippen molar-refractivity contribution in [3.05, 3.63) is 29.6 Å². The third-order valence-electron chi connectivity index (χ3n) is 2.87. The van der Waals surface area contributed by atoms with E-state index in [0.717, 1.165) is 6.42 Å². The number of nitrogens with two attached hydrogens (primary N) is 1. The zero-order chi connectivity index (χ0) is 13.8. The van der Waals surface area contributed by atoms with Crippen molar-refractivity contribution in [2.24, 2.45) is 5.73 Å². The molecule has 0 aromatic carbocycles. The van der Waals surface area contributed by atoms with Crippen LogP contribution < -0.4 is 16.4 Å². The molecule has 4 N–H and O–H groups in total. The topological polar surface area (TPSA) is 97.1 Å². The van der Waals surface area contributed by atoms with E-state index in [9.17, 15) is 9.59 Å². The summed E-state index contributed by atoms with van der Waals surface area (Å²) in [5, 5.41) is 5.36. The predicted octanol–water partition coefficient (Wildman–Crippen LogP) is -0.276. The Balaban J connectivity index is 2.03. The normalized spacial score (nSPS) is 18.5. The highest BCUT2D eigenvalue weighted by atomic mass is 32.1. The van der Waals surface area contributed by atoms with Crippen LogP contribution in [0.2, 0.25) is 0 Å². The van der Waals surface area contributed by atoms with Crippen molar-refractivity contribution >= 4 is 29.0 Å². The molecule has 1 fully saturated rings. The van der Waals surface area contributed by atoms with Crippen molar-refractivity contribution < 1.29 is 9.59 Å². The van der Waals surface area contributed by atoms with Crippen LogP contribution in [0.15, 0.2) is 18.3 Å². The predicted molar refractivity (Wildman–Crippen MR) is 73.6 cm³/mol. The maximum atomic E-state index is 11.9. The van der Waals surface area contributed by atoms with Gasteiger partial charge in [-0.15, -0.1) is 0 Å². The minimum atomic E-state index is -0.488. The van der Waals surface area contributed by atoms with Gasteiger partial charge in [0.25, 0.3) is 5.91 Å². The van der Waals surface area contributed by atoms with Gasteiger partial charge in [0.05, 0.1) is 0 Å². The number of nitrogens with zero attached hydrogens (tertiary/aromatic N) is 1. The molecule has 0 spiro atoms. The van der Waals surface area contributed by atoms with Crippen LogP contribution >= 0.6 is 12.2 Å². The Labute approximate surface area is 115 Å². The number of piperidine rings is 1. The van der Waals surface area contributed by atoms with Gasteiger partial charge in [-0.1, -0.05) is 12.2 Å². The summed E-state index contributed by atoms with van der Waals surface area (Å²) in [6.07, 6.45) is 2.94. The number of nitrogens with one attached hydrogen (secondary N) is 2. The number of carbonyl (C=O) groups excluding carboxylic acids is 2. The lowest BCUT2D eigenvalue weighted by Gasteiger charge is -2.22. The summed E-state index contributed by atoms with van der Waals surface area (Å²) >= 11 is 4.80. The van der Waals surface area contributed by atoms with Crippen molar-refractivity contribution in [2.45, 2.75) is 18.9 Å². The number of hydrogen-bond acceptors (Lipinski definition) is 4. The van der Waals surface area contributed by atoms with Crippen molar-refractivity contribution in [3.8, 4) is 0 Å². The van der Waals surface area contributed by atoms with Gasteiger partial charge < -0.3 is 16.4 Å². The molecule has 19 heavy (non-hydrogen) atoms. The molecule has 2 heterocycles. The monoisotopic (exact) mass is 278 g/mol. The highest BCUT2D eigenvalue weighted by molar-refractivity contribution is 7.80. The number of carbonyl (C=O) groups is 2. The lowest BCUT2D eigenvalue weighted by molar-refractivity contribution is -0.124. The Hall–Kier alpha value is -2.02. The van der Waals surface area contributed by atoms with Crippen LogP contribution in [-0.2, 0) is 4.79 Å². The quantitative estimate of drug-likeness (QED) is 0.661. The Morgan fingerprint density at radius 3 is 2.89 bits per heavy atom. The van der Waals surface area contributed by atoms with Gasteiger partial charge in [0.1, 0.15) is 16.7 Å². The second kappa shape index (κ2) is 5.75. The van der Waals surface area contributed by atoms with Crippen LogP contribution in [0.25, 0.3) is 0 Å². The fourth-order valence-electron chi connectivity index (χ4n) is 1.82. The summed E-state index contributed by atoms with van der Waals surface area (Å²) in [4.78, 5) is 27.7. The highest BCUT2D eigenvalue weighted by Gasteiger charge is 2.24. The summed E-state index contributed by atoms with van der Waals surface area (Å²) in [5.74, 6) is -0.532. The largest absolute Gasteiger partial charge is 0.389 e. The van der Waals surface area contributed by atoms with E-state index in [1.165, 1.54) is 12.3 Å². The zero-order valence-corrected chi connectivity index (χ0v) is 11.0. The summed E-state index contributed by atoms with van der Waals surface area (Å²) < 4.78 is 0. The van der Waals surface area contributed by atoms with Crippen molar-refractivity contribution in [3.63, 3.8) is 0 Å². The van der Waals surface area contributed by atoms with Crippen LogP contribution in [0.5, 0.6) is 0 Å². The summed E-state index contributed by atoms with van der Waals surface area (Å²) in [6.45, 7) is 0.659. The molecule has 1 aromatic rings. The molecule has 100 valence electrons. The van der Waals surface area contributed by atoms with Gasteiger partial charge in [-0.3, -0.25) is 14.6 Å². The van der Waals surface area contributed by atoms with E-state index in [2.05, 4.69) is 15.6 Å². The zero-order valence-electron chi connectivity index (χ0n) is 10.2. The second-order valence-corrected chi connectivity index (χ2v) is 4.70. The van der Waals surface area contributed by atoms with E-state index in [1.54, 1.807) is 6.07 Å². The van der Waals surface area contributed by atoms with E-state index in [-0.39, 0.29) is 22.5 Å². The molecule has 0 aliphatic carbocycles. The first kappa shape index (κ1) is 13.4. The summed E-state index contributed by atoms with van der Waals surface area (Å²) in [7, 11) is 0. The third-order valence-corrected chi connectivity index (χ3v) is 3.11. The van der Waals surface area contributed by atoms with Gasteiger partial charge in [-0.2, -0.15) is 0 Å². The number of amides is 2. The molecule has 0 radical (unpaired) electrons. The molecule has 1 aromatic heterocycles. The number of rotatable bonds is 3. The highest BCUT2D eigenvalue weighted by Crippen LogP contribution is 2.05. The molecule has 0 saturated carbocycles. The van der Waals surface area contributed by atoms with E-state index in [0.29, 0.717) is 18.5 Å². The minimum absolute atomic E-state index is 0.153. The van der Waals surface area contributed by atoms with Gasteiger partial charge in [-0.05, 0) is 25.0 Å². The molecule has 2 amide bonds. The van der Waals surface area contributed by atoms with Gasteiger partial charge in [-0.25, -0.2) is 0 Å². The first-order chi connectivity index (χ1) is 9.08. The average Bonchev–Trinajstić information content (AvgIpc) is 2.41. The molecular weight excluding hydrogens is 264 g/mol. The Morgan fingerprint density at radius 1 is 1.53 bits per heavy atom. The van der Waals surface area contributed by atoms with E-state index in [4.69, 9.17) is 18.0 Å². The Bertz CT molecular complexity index is 515. The third kappa shape index (κ3) is 3.25. The lowest BCUT2D eigenvalue weighted by atomic mass is 10.1. The standard InChI is InChI=1S/C12H14N4O2S/c13-10(19)7-3-4-8(15-6-7)12(18)16-9-2-1-5-14-11(9)17/h3-4,6,9H,1-2,5H2,(H2,13,19)(H,14,17)(H,16,18). The van der Waals surface area contributed by atoms with Gasteiger partial charge in [0, 0.05) is 18.3 Å². The van der Waals surface area contributed by atoms with Crippen LogP contribution in [0, 0.1) is 0 Å². The second-order valence-electron chi connectivity index (χ2n) is 4.26. The molecule has 1 unspecified atom stereocenters. The maximum absolute atomic E-state index is 11.9. The summed E-state index contributed by atoms with van der Waals surface area (Å²) in [6, 6.07) is 2.67. The molecule has 2 rings (SSSR count). The first-order valence-electron chi connectivity index (χ1n) is 5.92. The fourth-order valence-corrected chi connectivity index (χ4v) is 1.94. The van der Waals surface area contributed by atoms with Gasteiger partial charge in [0.15, 0.2) is 0 Å². The van der Waals surface area contributed by atoms with E-state index >= 15 is 0 Å². The van der Waals surface area contributed by atoms with Crippen LogP contribution in [-0.4, -0.2) is 34.4 Å². The lowest BCUT2D eigenvalue weighted by Crippen LogP contribution is -2.50. The number of thiocarbonyl (C=S) groups is 1. The number of pyridine rings is 1. The van der Waals surface area contributed by atoms with Crippen LogP contribution in [0.4, 0.5) is 0 Å². The Kier molecular flexibility index (Phi) is 4.06. The van der Waals surface area contributed by atoms with E-state index in [1.807, 2.05) is 0 Å². The van der Waals surface area contributed by atoms with E-state index < -0.39 is 6.04 Å². The molecule has 7 heteroatoms. The Morgan fingerprint density at radius 2 is 2.32 bits per heavy atom. The molecule has 1 saturated heterocycles. The number of hydrogen-bond donors (Lipinski definition) is 3. The molecule has 6 nitrogen and oxygen atoms in total. The van der Waals surface area contributed by atoms with Gasteiger partial charge >= 0.3 is 0 Å². The molecule has 0 bridgehead atoms. The van der Waals surface area contributed by atoms with Crippen molar-refractivity contribution in [1.29, 1.82) is 0 Å².